The van der Waals surface area contributed by atoms with Crippen LogP contribution >= 0.6 is 15.9 Å². The normalized spacial score (nSPS) is 24.1. The van der Waals surface area contributed by atoms with Crippen molar-refractivity contribution in [3.63, 3.8) is 0 Å². The second kappa shape index (κ2) is 6.23. The second-order valence-electron chi connectivity index (χ2n) is 6.05. The van der Waals surface area contributed by atoms with Crippen LogP contribution in [-0.2, 0) is 10.0 Å². The zero-order valence-corrected chi connectivity index (χ0v) is 13.4. The SMILES string of the molecule is O=S(=O)(CC1CCCCC1)NCC1(CCBr)CC1. The lowest BCUT2D eigenvalue weighted by atomic mass is 9.91. The van der Waals surface area contributed by atoms with Gasteiger partial charge >= 0.3 is 0 Å². The molecule has 2 aliphatic rings. The molecule has 0 unspecified atom stereocenters. The highest BCUT2D eigenvalue weighted by atomic mass is 79.9. The molecule has 0 aromatic rings. The maximum atomic E-state index is 12.1. The first-order valence-corrected chi connectivity index (χ1v) is 9.86. The fourth-order valence-electron chi connectivity index (χ4n) is 2.88. The Hall–Kier alpha value is 0.390. The van der Waals surface area contributed by atoms with Gasteiger partial charge in [0.25, 0.3) is 0 Å². The second-order valence-corrected chi connectivity index (χ2v) is 8.69. The van der Waals surface area contributed by atoms with Crippen LogP contribution in [0.15, 0.2) is 0 Å². The van der Waals surface area contributed by atoms with Crippen LogP contribution in [-0.4, -0.2) is 26.0 Å². The van der Waals surface area contributed by atoms with Gasteiger partial charge in [0.15, 0.2) is 0 Å². The van der Waals surface area contributed by atoms with E-state index in [1.165, 1.54) is 32.1 Å². The number of hydrogen-bond donors (Lipinski definition) is 1. The fraction of sp³-hybridized carbons (Fsp3) is 1.00. The van der Waals surface area contributed by atoms with E-state index in [2.05, 4.69) is 20.7 Å². The molecule has 106 valence electrons. The number of alkyl halides is 1. The number of halogens is 1. The van der Waals surface area contributed by atoms with E-state index in [1.807, 2.05) is 0 Å². The topological polar surface area (TPSA) is 46.2 Å². The van der Waals surface area contributed by atoms with E-state index in [0.29, 0.717) is 18.2 Å². The van der Waals surface area contributed by atoms with Crippen LogP contribution in [0.5, 0.6) is 0 Å². The molecule has 3 nitrogen and oxygen atoms in total. The molecule has 0 bridgehead atoms. The minimum Gasteiger partial charge on any atom is -0.215 e. The van der Waals surface area contributed by atoms with Crippen molar-refractivity contribution in [1.29, 1.82) is 0 Å². The van der Waals surface area contributed by atoms with Gasteiger partial charge in [-0.1, -0.05) is 35.2 Å². The van der Waals surface area contributed by atoms with E-state index in [1.54, 1.807) is 0 Å². The molecule has 0 heterocycles. The zero-order chi connectivity index (χ0) is 13.1. The highest BCUT2D eigenvalue weighted by molar-refractivity contribution is 9.09. The summed E-state index contributed by atoms with van der Waals surface area (Å²) in [5.74, 6) is 0.736. The van der Waals surface area contributed by atoms with Crippen LogP contribution in [0, 0.1) is 11.3 Å². The van der Waals surface area contributed by atoms with Crippen LogP contribution in [0.2, 0.25) is 0 Å². The Labute approximate surface area is 119 Å². The van der Waals surface area contributed by atoms with Gasteiger partial charge in [-0.15, -0.1) is 0 Å². The molecule has 2 aliphatic carbocycles. The van der Waals surface area contributed by atoms with Crippen molar-refractivity contribution in [2.75, 3.05) is 17.6 Å². The Bertz CT molecular complexity index is 359. The minimum atomic E-state index is -3.06. The number of sulfonamides is 1. The number of nitrogens with one attached hydrogen (secondary N) is 1. The highest BCUT2D eigenvalue weighted by Crippen LogP contribution is 2.48. The number of rotatable bonds is 7. The van der Waals surface area contributed by atoms with Gasteiger partial charge in [-0.2, -0.15) is 0 Å². The van der Waals surface area contributed by atoms with Gasteiger partial charge < -0.3 is 0 Å². The van der Waals surface area contributed by atoms with Gasteiger partial charge in [-0.25, -0.2) is 13.1 Å². The summed E-state index contributed by atoms with van der Waals surface area (Å²) in [6, 6.07) is 0. The standard InChI is InChI=1S/C13H24BrNO2S/c14-9-8-13(6-7-13)11-15-18(16,17)10-12-4-2-1-3-5-12/h12,15H,1-11H2. The first kappa shape index (κ1) is 14.8. The lowest BCUT2D eigenvalue weighted by Crippen LogP contribution is -2.35. The molecular formula is C13H24BrNO2S. The van der Waals surface area contributed by atoms with Crippen LogP contribution in [0.1, 0.15) is 51.4 Å². The smallest absolute Gasteiger partial charge is 0.211 e. The summed E-state index contributed by atoms with van der Waals surface area (Å²) < 4.78 is 27.0. The zero-order valence-electron chi connectivity index (χ0n) is 11.0. The molecule has 5 heteroatoms. The van der Waals surface area contributed by atoms with E-state index in [9.17, 15) is 8.42 Å². The van der Waals surface area contributed by atoms with E-state index in [0.717, 1.165) is 24.6 Å². The lowest BCUT2D eigenvalue weighted by molar-refractivity contribution is 0.382. The highest BCUT2D eigenvalue weighted by Gasteiger charge is 2.42. The van der Waals surface area contributed by atoms with Gasteiger partial charge in [0.2, 0.25) is 10.0 Å². The molecule has 2 saturated carbocycles. The summed E-state index contributed by atoms with van der Waals surface area (Å²) in [4.78, 5) is 0. The average molecular weight is 338 g/mol. The quantitative estimate of drug-likeness (QED) is 0.725. The summed E-state index contributed by atoms with van der Waals surface area (Å²) in [5.41, 5.74) is 0.267. The molecule has 0 radical (unpaired) electrons. The van der Waals surface area contributed by atoms with Crippen molar-refractivity contribution < 1.29 is 8.42 Å². The monoisotopic (exact) mass is 337 g/mol. The molecule has 0 amide bonds. The molecular weight excluding hydrogens is 314 g/mol. The van der Waals surface area contributed by atoms with Crippen LogP contribution in [0.25, 0.3) is 0 Å². The van der Waals surface area contributed by atoms with Crippen LogP contribution < -0.4 is 4.72 Å². The Morgan fingerprint density at radius 2 is 1.83 bits per heavy atom. The van der Waals surface area contributed by atoms with Gasteiger partial charge in [-0.3, -0.25) is 0 Å². The molecule has 1 N–H and O–H groups in total. The summed E-state index contributed by atoms with van der Waals surface area (Å²) >= 11 is 3.45. The van der Waals surface area contributed by atoms with Crippen LogP contribution in [0.4, 0.5) is 0 Å². The Morgan fingerprint density at radius 1 is 1.17 bits per heavy atom. The first-order chi connectivity index (χ1) is 8.55. The van der Waals surface area contributed by atoms with Crippen molar-refractivity contribution in [1.82, 2.24) is 4.72 Å². The molecule has 2 fully saturated rings. The van der Waals surface area contributed by atoms with Gasteiger partial charge in [0.1, 0.15) is 0 Å². The number of hydrogen-bond acceptors (Lipinski definition) is 2. The molecule has 18 heavy (non-hydrogen) atoms. The fourth-order valence-corrected chi connectivity index (χ4v) is 5.32. The molecule has 0 spiro atoms. The van der Waals surface area contributed by atoms with Crippen molar-refractivity contribution >= 4 is 26.0 Å². The van der Waals surface area contributed by atoms with Crippen molar-refractivity contribution in [2.24, 2.45) is 11.3 Å². The predicted molar refractivity (Wildman–Crippen MR) is 78.4 cm³/mol. The average Bonchev–Trinajstić information content (AvgIpc) is 3.09. The third-order valence-corrected chi connectivity index (χ3v) is 6.32. The van der Waals surface area contributed by atoms with Crippen LogP contribution in [0.3, 0.4) is 0 Å². The van der Waals surface area contributed by atoms with Gasteiger partial charge in [-0.05, 0) is 43.4 Å². The largest absolute Gasteiger partial charge is 0.215 e. The maximum absolute atomic E-state index is 12.1. The van der Waals surface area contributed by atoms with E-state index >= 15 is 0 Å². The van der Waals surface area contributed by atoms with E-state index in [4.69, 9.17) is 0 Å². The van der Waals surface area contributed by atoms with Gasteiger partial charge in [0, 0.05) is 11.9 Å². The third kappa shape index (κ3) is 4.49. The van der Waals surface area contributed by atoms with E-state index in [-0.39, 0.29) is 5.41 Å². The molecule has 0 aromatic heterocycles. The van der Waals surface area contributed by atoms with Crippen molar-refractivity contribution in [2.45, 2.75) is 51.4 Å². The molecule has 0 saturated heterocycles. The van der Waals surface area contributed by atoms with Crippen molar-refractivity contribution in [3.8, 4) is 0 Å². The Kier molecular flexibility index (Phi) is 5.12. The summed E-state index contributed by atoms with van der Waals surface area (Å²) in [5, 5.41) is 0.970. The Balaban J connectivity index is 1.76. The predicted octanol–water partition coefficient (Wildman–Crippen LogP) is 3.05. The molecule has 0 aromatic carbocycles. The Morgan fingerprint density at radius 3 is 2.39 bits per heavy atom. The lowest BCUT2D eigenvalue weighted by Gasteiger charge is -2.22. The van der Waals surface area contributed by atoms with Gasteiger partial charge in [0.05, 0.1) is 5.75 Å². The first-order valence-electron chi connectivity index (χ1n) is 7.09. The molecule has 0 atom stereocenters. The maximum Gasteiger partial charge on any atom is 0.211 e. The molecule has 0 aliphatic heterocycles. The summed E-state index contributed by atoms with van der Waals surface area (Å²) in [7, 11) is -3.06. The molecule has 2 rings (SSSR count). The summed E-state index contributed by atoms with van der Waals surface area (Å²) in [6.45, 7) is 0.646. The van der Waals surface area contributed by atoms with Crippen molar-refractivity contribution in [3.05, 3.63) is 0 Å². The van der Waals surface area contributed by atoms with E-state index < -0.39 is 10.0 Å². The third-order valence-electron chi connectivity index (χ3n) is 4.43. The minimum absolute atomic E-state index is 0.267. The summed E-state index contributed by atoms with van der Waals surface area (Å²) in [6.07, 6.45) is 9.29.